The molecule has 1 aromatic heterocycles. The Hall–Kier alpha value is -2.04. The third kappa shape index (κ3) is 3.66. The van der Waals surface area contributed by atoms with Gasteiger partial charge in [0.1, 0.15) is 5.75 Å². The van der Waals surface area contributed by atoms with Gasteiger partial charge < -0.3 is 9.64 Å². The lowest BCUT2D eigenvalue weighted by Crippen LogP contribution is -2.30. The van der Waals surface area contributed by atoms with Gasteiger partial charge in [-0.15, -0.1) is 11.3 Å². The predicted octanol–water partition coefficient (Wildman–Crippen LogP) is 4.59. The van der Waals surface area contributed by atoms with E-state index in [0.29, 0.717) is 17.3 Å². The third-order valence-corrected chi connectivity index (χ3v) is 4.77. The van der Waals surface area contributed by atoms with Crippen molar-refractivity contribution < 1.29 is 9.53 Å². The average molecular weight is 346 g/mol. The molecule has 3 nitrogen and oxygen atoms in total. The summed E-state index contributed by atoms with van der Waals surface area (Å²) in [5.41, 5.74) is 0. The number of amides is 1. The molecule has 3 rings (SSSR count). The molecule has 2 aromatic carbocycles. The molecule has 0 unspecified atom stereocenters. The van der Waals surface area contributed by atoms with E-state index in [9.17, 15) is 4.79 Å². The number of halogens is 1. The third-order valence-electron chi connectivity index (χ3n) is 3.58. The number of thiophene rings is 1. The Morgan fingerprint density at radius 2 is 1.91 bits per heavy atom. The van der Waals surface area contributed by atoms with Gasteiger partial charge in [-0.3, -0.25) is 4.79 Å². The highest BCUT2D eigenvalue weighted by molar-refractivity contribution is 7.09. The highest BCUT2D eigenvalue weighted by Crippen LogP contribution is 2.31. The Bertz CT molecular complexity index is 817. The van der Waals surface area contributed by atoms with Crippen LogP contribution in [0.25, 0.3) is 10.8 Å². The number of hydrogen-bond donors (Lipinski definition) is 0. The van der Waals surface area contributed by atoms with E-state index in [2.05, 4.69) is 0 Å². The van der Waals surface area contributed by atoms with E-state index >= 15 is 0 Å². The first-order chi connectivity index (χ1) is 11.1. The molecule has 0 aliphatic carbocycles. The first-order valence-corrected chi connectivity index (χ1v) is 8.47. The van der Waals surface area contributed by atoms with Gasteiger partial charge in [0.15, 0.2) is 6.61 Å². The largest absolute Gasteiger partial charge is 0.483 e. The maximum absolute atomic E-state index is 12.2. The van der Waals surface area contributed by atoms with Crippen LogP contribution in [0.4, 0.5) is 0 Å². The number of fused-ring (bicyclic) bond motifs is 1. The van der Waals surface area contributed by atoms with Crippen molar-refractivity contribution in [1.29, 1.82) is 0 Å². The van der Waals surface area contributed by atoms with E-state index in [1.54, 1.807) is 35.4 Å². The Morgan fingerprint density at radius 3 is 2.65 bits per heavy atom. The molecular formula is C18H16ClNO2S. The number of rotatable bonds is 5. The smallest absolute Gasteiger partial charge is 0.260 e. The SMILES string of the molecule is CN(Cc1cccs1)C(=O)COc1ccc(Cl)c2ccccc12. The lowest BCUT2D eigenvalue weighted by atomic mass is 10.1. The van der Waals surface area contributed by atoms with Crippen molar-refractivity contribution in [3.05, 3.63) is 63.8 Å². The minimum atomic E-state index is -0.0579. The molecule has 23 heavy (non-hydrogen) atoms. The zero-order chi connectivity index (χ0) is 16.2. The van der Waals surface area contributed by atoms with Crippen molar-refractivity contribution in [3.8, 4) is 5.75 Å². The second kappa shape index (κ2) is 7.02. The predicted molar refractivity (Wildman–Crippen MR) is 95.2 cm³/mol. The Balaban J connectivity index is 1.68. The molecule has 1 heterocycles. The summed E-state index contributed by atoms with van der Waals surface area (Å²) in [4.78, 5) is 15.0. The summed E-state index contributed by atoms with van der Waals surface area (Å²) in [6.45, 7) is 0.606. The van der Waals surface area contributed by atoms with Crippen LogP contribution in [0.5, 0.6) is 5.75 Å². The van der Waals surface area contributed by atoms with E-state index in [1.807, 2.05) is 41.8 Å². The molecule has 3 aromatic rings. The summed E-state index contributed by atoms with van der Waals surface area (Å²) in [6, 6.07) is 15.3. The number of hydrogen-bond acceptors (Lipinski definition) is 3. The van der Waals surface area contributed by atoms with Crippen LogP contribution < -0.4 is 4.74 Å². The van der Waals surface area contributed by atoms with Crippen LogP contribution in [0, 0.1) is 0 Å². The van der Waals surface area contributed by atoms with Gasteiger partial charge in [0.2, 0.25) is 0 Å². The van der Waals surface area contributed by atoms with Gasteiger partial charge in [0, 0.05) is 27.7 Å². The number of nitrogens with zero attached hydrogens (tertiary/aromatic N) is 1. The monoisotopic (exact) mass is 345 g/mol. The molecule has 0 aliphatic rings. The second-order valence-corrected chi connectivity index (χ2v) is 6.65. The fourth-order valence-electron chi connectivity index (χ4n) is 2.33. The molecule has 0 spiro atoms. The molecule has 0 atom stereocenters. The van der Waals surface area contributed by atoms with Crippen LogP contribution in [-0.4, -0.2) is 24.5 Å². The van der Waals surface area contributed by atoms with Crippen LogP contribution in [0.3, 0.4) is 0 Å². The first kappa shape index (κ1) is 15.8. The molecule has 118 valence electrons. The molecule has 1 amide bonds. The lowest BCUT2D eigenvalue weighted by molar-refractivity contribution is -0.132. The van der Waals surface area contributed by atoms with Gasteiger partial charge in [-0.2, -0.15) is 0 Å². The summed E-state index contributed by atoms with van der Waals surface area (Å²) in [6.07, 6.45) is 0. The van der Waals surface area contributed by atoms with Crippen LogP contribution >= 0.6 is 22.9 Å². The molecule has 0 aliphatic heterocycles. The standard InChI is InChI=1S/C18H16ClNO2S/c1-20(11-13-5-4-10-23-13)18(21)12-22-17-9-8-16(19)14-6-2-3-7-15(14)17/h2-10H,11-12H2,1H3. The molecule has 0 saturated heterocycles. The van der Waals surface area contributed by atoms with Crippen molar-refractivity contribution >= 4 is 39.6 Å². The maximum Gasteiger partial charge on any atom is 0.260 e. The molecule has 0 radical (unpaired) electrons. The Morgan fingerprint density at radius 1 is 1.13 bits per heavy atom. The molecular weight excluding hydrogens is 330 g/mol. The minimum absolute atomic E-state index is 0.00744. The minimum Gasteiger partial charge on any atom is -0.483 e. The summed E-state index contributed by atoms with van der Waals surface area (Å²) < 4.78 is 5.73. The molecule has 0 saturated carbocycles. The number of likely N-dealkylation sites (N-methyl/N-ethyl adjacent to an activating group) is 1. The summed E-state index contributed by atoms with van der Waals surface area (Å²) in [5, 5.41) is 4.51. The number of benzene rings is 2. The highest BCUT2D eigenvalue weighted by atomic mass is 35.5. The highest BCUT2D eigenvalue weighted by Gasteiger charge is 2.12. The second-order valence-electron chi connectivity index (χ2n) is 5.21. The van der Waals surface area contributed by atoms with Crippen LogP contribution in [0.1, 0.15) is 4.88 Å². The quantitative estimate of drug-likeness (QED) is 0.676. The van der Waals surface area contributed by atoms with Crippen molar-refractivity contribution in [3.63, 3.8) is 0 Å². The van der Waals surface area contributed by atoms with Crippen molar-refractivity contribution in [2.45, 2.75) is 6.54 Å². The fourth-order valence-corrected chi connectivity index (χ4v) is 3.32. The maximum atomic E-state index is 12.2. The van der Waals surface area contributed by atoms with E-state index in [4.69, 9.17) is 16.3 Å². The van der Waals surface area contributed by atoms with E-state index in [0.717, 1.165) is 15.6 Å². The number of ether oxygens (including phenoxy) is 1. The summed E-state index contributed by atoms with van der Waals surface area (Å²) in [5.74, 6) is 0.611. The van der Waals surface area contributed by atoms with Crippen molar-refractivity contribution in [2.75, 3.05) is 13.7 Å². The summed E-state index contributed by atoms with van der Waals surface area (Å²) >= 11 is 7.83. The molecule has 0 fully saturated rings. The Labute approximate surface area is 144 Å². The van der Waals surface area contributed by atoms with Gasteiger partial charge in [0.05, 0.1) is 6.54 Å². The normalized spacial score (nSPS) is 10.7. The van der Waals surface area contributed by atoms with Gasteiger partial charge in [-0.1, -0.05) is 41.9 Å². The zero-order valence-electron chi connectivity index (χ0n) is 12.7. The zero-order valence-corrected chi connectivity index (χ0v) is 14.2. The van der Waals surface area contributed by atoms with Gasteiger partial charge >= 0.3 is 0 Å². The van der Waals surface area contributed by atoms with E-state index in [-0.39, 0.29) is 12.5 Å². The molecule has 0 bridgehead atoms. The summed E-state index contributed by atoms with van der Waals surface area (Å²) in [7, 11) is 1.78. The topological polar surface area (TPSA) is 29.5 Å². The lowest BCUT2D eigenvalue weighted by Gasteiger charge is -2.17. The van der Waals surface area contributed by atoms with Crippen LogP contribution in [0.2, 0.25) is 5.02 Å². The Kier molecular flexibility index (Phi) is 4.84. The van der Waals surface area contributed by atoms with Gasteiger partial charge in [-0.05, 0) is 23.6 Å². The average Bonchev–Trinajstić information content (AvgIpc) is 3.07. The van der Waals surface area contributed by atoms with Crippen molar-refractivity contribution in [1.82, 2.24) is 4.90 Å². The first-order valence-electron chi connectivity index (χ1n) is 7.21. The van der Waals surface area contributed by atoms with Gasteiger partial charge in [0.25, 0.3) is 5.91 Å². The number of carbonyl (C=O) groups is 1. The van der Waals surface area contributed by atoms with Crippen LogP contribution in [0.15, 0.2) is 53.9 Å². The van der Waals surface area contributed by atoms with E-state index in [1.165, 1.54) is 0 Å². The van der Waals surface area contributed by atoms with Crippen molar-refractivity contribution in [2.24, 2.45) is 0 Å². The molecule has 0 N–H and O–H groups in total. The number of carbonyl (C=O) groups excluding carboxylic acids is 1. The fraction of sp³-hybridized carbons (Fsp3) is 0.167. The molecule has 5 heteroatoms. The van der Waals surface area contributed by atoms with Gasteiger partial charge in [-0.25, -0.2) is 0 Å². The van der Waals surface area contributed by atoms with Crippen LogP contribution in [-0.2, 0) is 11.3 Å². The van der Waals surface area contributed by atoms with E-state index < -0.39 is 0 Å².